The average Bonchev–Trinajstić information content (AvgIpc) is 3.36. The first kappa shape index (κ1) is 24.0. The fourth-order valence-electron chi connectivity index (χ4n) is 3.69. The molecule has 0 bridgehead atoms. The summed E-state index contributed by atoms with van der Waals surface area (Å²) in [5.41, 5.74) is 0.454. The molecule has 12 heteroatoms. The minimum absolute atomic E-state index is 0.0247. The maximum atomic E-state index is 14.5. The van der Waals surface area contributed by atoms with E-state index in [4.69, 9.17) is 10.1 Å². The molecule has 0 aliphatic carbocycles. The van der Waals surface area contributed by atoms with Gasteiger partial charge in [0.2, 0.25) is 0 Å². The molecule has 3 heterocycles. The van der Waals surface area contributed by atoms with Crippen LogP contribution in [0.2, 0.25) is 0 Å². The number of aliphatic hydroxyl groups is 1. The van der Waals surface area contributed by atoms with Crippen molar-refractivity contribution in [2.45, 2.75) is 38.1 Å². The number of thiazole rings is 1. The molecule has 0 spiro atoms. The molecule has 0 unspecified atom stereocenters. The Kier molecular flexibility index (Phi) is 6.82. The first-order valence-electron chi connectivity index (χ1n) is 10.4. The van der Waals surface area contributed by atoms with E-state index in [-0.39, 0.29) is 40.6 Å². The number of hydrogen-bond acceptors (Lipinski definition) is 7. The second-order valence-corrected chi connectivity index (χ2v) is 8.81. The number of alkyl halides is 1. The maximum Gasteiger partial charge on any atom is 0.275 e. The Morgan fingerprint density at radius 1 is 1.38 bits per heavy atom. The highest BCUT2D eigenvalue weighted by Crippen LogP contribution is 2.34. The summed E-state index contributed by atoms with van der Waals surface area (Å²) in [6, 6.07) is 2.06. The van der Waals surface area contributed by atoms with Crippen LogP contribution in [0.4, 0.5) is 18.9 Å². The summed E-state index contributed by atoms with van der Waals surface area (Å²) >= 11 is 0.900. The van der Waals surface area contributed by atoms with Gasteiger partial charge < -0.3 is 20.6 Å². The second kappa shape index (κ2) is 9.65. The lowest BCUT2D eigenvalue weighted by molar-refractivity contribution is 0.0323. The Bertz CT molecular complexity index is 1220. The minimum Gasteiger partial charge on any atom is -0.389 e. The zero-order chi connectivity index (χ0) is 24.6. The lowest BCUT2D eigenvalue weighted by atomic mass is 10.1. The Morgan fingerprint density at radius 2 is 2.09 bits per heavy atom. The molecule has 180 valence electrons. The van der Waals surface area contributed by atoms with Gasteiger partial charge >= 0.3 is 0 Å². The quantitative estimate of drug-likeness (QED) is 0.490. The first-order chi connectivity index (χ1) is 16.2. The van der Waals surface area contributed by atoms with Gasteiger partial charge in [0.05, 0.1) is 35.9 Å². The number of aryl methyl sites for hydroxylation is 1. The summed E-state index contributed by atoms with van der Waals surface area (Å²) in [6.07, 6.45) is -1.11. The molecule has 1 fully saturated rings. The number of carbonyl (C=O) groups excluding carboxylic acids is 1. The smallest absolute Gasteiger partial charge is 0.275 e. The SMILES string of the molecule is C[C@@H](O)c1cc(F)c(-c2nc(C(=O)Nc3cnn(C)c3[C@@H]3CCC(=N)[C@H](F)CO3)cs2)c(F)c1. The van der Waals surface area contributed by atoms with Crippen LogP contribution in [0, 0.1) is 17.0 Å². The molecular formula is C22H22F3N5O3S. The summed E-state index contributed by atoms with van der Waals surface area (Å²) in [5, 5.41) is 25.4. The highest BCUT2D eigenvalue weighted by molar-refractivity contribution is 7.13. The normalized spacial score (nSPS) is 19.6. The number of rotatable bonds is 5. The largest absolute Gasteiger partial charge is 0.389 e. The van der Waals surface area contributed by atoms with Gasteiger partial charge in [-0.15, -0.1) is 11.3 Å². The second-order valence-electron chi connectivity index (χ2n) is 7.95. The van der Waals surface area contributed by atoms with E-state index in [0.29, 0.717) is 17.8 Å². The van der Waals surface area contributed by atoms with Gasteiger partial charge in [-0.3, -0.25) is 9.48 Å². The van der Waals surface area contributed by atoms with Crippen molar-refractivity contribution in [2.75, 3.05) is 11.9 Å². The molecule has 34 heavy (non-hydrogen) atoms. The average molecular weight is 494 g/mol. The maximum absolute atomic E-state index is 14.5. The highest BCUT2D eigenvalue weighted by Gasteiger charge is 2.29. The van der Waals surface area contributed by atoms with Gasteiger partial charge in [0.25, 0.3) is 5.91 Å². The molecule has 3 aromatic rings. The van der Waals surface area contributed by atoms with E-state index in [1.807, 2.05) is 0 Å². The number of anilines is 1. The van der Waals surface area contributed by atoms with Crippen LogP contribution < -0.4 is 5.32 Å². The van der Waals surface area contributed by atoms with E-state index in [0.717, 1.165) is 23.5 Å². The molecule has 1 aromatic carbocycles. The predicted octanol–water partition coefficient (Wildman–Crippen LogP) is 4.34. The van der Waals surface area contributed by atoms with Crippen LogP contribution in [0.3, 0.4) is 0 Å². The lowest BCUT2D eigenvalue weighted by Crippen LogP contribution is -2.18. The molecule has 0 radical (unpaired) electrons. The monoisotopic (exact) mass is 493 g/mol. The van der Waals surface area contributed by atoms with Gasteiger partial charge in [0.15, 0.2) is 6.17 Å². The number of aliphatic hydroxyl groups excluding tert-OH is 1. The lowest BCUT2D eigenvalue weighted by Gasteiger charge is -2.17. The van der Waals surface area contributed by atoms with E-state index >= 15 is 0 Å². The summed E-state index contributed by atoms with van der Waals surface area (Å²) in [5.74, 6) is -2.41. The fraction of sp³-hybridized carbons (Fsp3) is 0.364. The number of hydrogen-bond donors (Lipinski definition) is 3. The molecule has 2 aromatic heterocycles. The van der Waals surface area contributed by atoms with Crippen molar-refractivity contribution in [3.8, 4) is 10.6 Å². The van der Waals surface area contributed by atoms with Gasteiger partial charge in [-0.2, -0.15) is 5.10 Å². The van der Waals surface area contributed by atoms with Gasteiger partial charge in [-0.05, 0) is 37.5 Å². The van der Waals surface area contributed by atoms with Crippen LogP contribution in [0.5, 0.6) is 0 Å². The van der Waals surface area contributed by atoms with Gasteiger partial charge in [-0.25, -0.2) is 18.2 Å². The number of ether oxygens (including phenoxy) is 1. The standard InChI is InChI=1S/C22H22F3N5O3S/c1-10(31)11-5-12(23)19(13(24)6-11)22-29-17(9-34-22)21(32)28-16-7-27-30(2)20(16)18-4-3-15(26)14(25)8-33-18/h5-7,9-10,14,18,26,31H,3-4,8H2,1-2H3,(H,28,32)/t10-,14-,18+/m1/s1. The zero-order valence-electron chi connectivity index (χ0n) is 18.3. The zero-order valence-corrected chi connectivity index (χ0v) is 19.1. The van der Waals surface area contributed by atoms with Crippen LogP contribution in [-0.2, 0) is 11.8 Å². The van der Waals surface area contributed by atoms with Crippen molar-refractivity contribution < 1.29 is 27.8 Å². The summed E-state index contributed by atoms with van der Waals surface area (Å²) in [6.45, 7) is 1.13. The van der Waals surface area contributed by atoms with Crippen LogP contribution in [0.1, 0.15) is 53.7 Å². The summed E-state index contributed by atoms with van der Waals surface area (Å²) in [4.78, 5) is 16.9. The van der Waals surface area contributed by atoms with Crippen molar-refractivity contribution in [1.29, 1.82) is 5.41 Å². The number of nitrogens with zero attached hydrogens (tertiary/aromatic N) is 3. The van der Waals surface area contributed by atoms with Crippen molar-refractivity contribution in [3.63, 3.8) is 0 Å². The molecule has 8 nitrogen and oxygen atoms in total. The number of aromatic nitrogens is 3. The third-order valence-corrected chi connectivity index (χ3v) is 6.39. The van der Waals surface area contributed by atoms with Crippen molar-refractivity contribution >= 4 is 28.6 Å². The van der Waals surface area contributed by atoms with E-state index in [1.165, 1.54) is 23.2 Å². The molecule has 1 amide bonds. The Labute approximate surface area is 196 Å². The number of halogens is 3. The number of amides is 1. The van der Waals surface area contributed by atoms with Crippen molar-refractivity contribution in [2.24, 2.45) is 7.05 Å². The molecule has 4 rings (SSSR count). The first-order valence-corrected chi connectivity index (χ1v) is 11.3. The van der Waals surface area contributed by atoms with E-state index in [1.54, 1.807) is 7.05 Å². The Hall–Kier alpha value is -3.09. The number of nitrogens with one attached hydrogen (secondary N) is 2. The van der Waals surface area contributed by atoms with Gasteiger partial charge in [0, 0.05) is 18.1 Å². The fourth-order valence-corrected chi connectivity index (χ4v) is 4.53. The van der Waals surface area contributed by atoms with Gasteiger partial charge in [-0.1, -0.05) is 0 Å². The predicted molar refractivity (Wildman–Crippen MR) is 120 cm³/mol. The van der Waals surface area contributed by atoms with Crippen molar-refractivity contribution in [3.05, 3.63) is 52.3 Å². The molecule has 3 N–H and O–H groups in total. The van der Waals surface area contributed by atoms with Crippen LogP contribution in [-0.4, -0.2) is 44.3 Å². The Balaban J connectivity index is 1.55. The van der Waals surface area contributed by atoms with Crippen LogP contribution in [0.25, 0.3) is 10.6 Å². The molecule has 1 saturated heterocycles. The third kappa shape index (κ3) is 4.74. The topological polar surface area (TPSA) is 113 Å². The molecule has 1 aliphatic heterocycles. The summed E-state index contributed by atoms with van der Waals surface area (Å²) in [7, 11) is 1.65. The van der Waals surface area contributed by atoms with Gasteiger partial charge in [0.1, 0.15) is 28.4 Å². The Morgan fingerprint density at radius 3 is 2.76 bits per heavy atom. The van der Waals surface area contributed by atoms with E-state index in [2.05, 4.69) is 15.4 Å². The minimum atomic E-state index is -1.47. The molecule has 3 atom stereocenters. The molecule has 1 aliphatic rings. The van der Waals surface area contributed by atoms with Crippen LogP contribution >= 0.6 is 11.3 Å². The summed E-state index contributed by atoms with van der Waals surface area (Å²) < 4.78 is 50.0. The van der Waals surface area contributed by atoms with E-state index < -0.39 is 35.9 Å². The molecule has 0 saturated carbocycles. The number of benzene rings is 1. The van der Waals surface area contributed by atoms with Crippen molar-refractivity contribution in [1.82, 2.24) is 14.8 Å². The number of carbonyl (C=O) groups is 1. The van der Waals surface area contributed by atoms with Crippen LogP contribution in [0.15, 0.2) is 23.7 Å². The third-order valence-electron chi connectivity index (χ3n) is 5.53. The molecular weight excluding hydrogens is 471 g/mol. The highest BCUT2D eigenvalue weighted by atomic mass is 32.1. The van der Waals surface area contributed by atoms with E-state index in [9.17, 15) is 23.1 Å².